The molecule has 0 bridgehead atoms. The zero-order chi connectivity index (χ0) is 23.8. The maximum absolute atomic E-state index is 11.2. The van der Waals surface area contributed by atoms with Gasteiger partial charge in [0, 0.05) is 23.1 Å². The van der Waals surface area contributed by atoms with Gasteiger partial charge >= 0.3 is 5.97 Å². The van der Waals surface area contributed by atoms with E-state index < -0.39 is 5.97 Å². The van der Waals surface area contributed by atoms with Crippen molar-refractivity contribution in [3.8, 4) is 16.9 Å². The van der Waals surface area contributed by atoms with Gasteiger partial charge in [-0.3, -0.25) is 0 Å². The Kier molecular flexibility index (Phi) is 7.21. The number of anilines is 3. The molecule has 0 amide bonds. The first kappa shape index (κ1) is 22.6. The van der Waals surface area contributed by atoms with Crippen molar-refractivity contribution in [3.05, 3.63) is 134 Å². The molecule has 0 aliphatic carbocycles. The molecule has 0 aromatic heterocycles. The highest BCUT2D eigenvalue weighted by atomic mass is 16.6. The summed E-state index contributed by atoms with van der Waals surface area (Å²) in [5.74, 6) is 0.340. The lowest BCUT2D eigenvalue weighted by molar-refractivity contribution is -0.134. The van der Waals surface area contributed by atoms with Crippen molar-refractivity contribution in [2.24, 2.45) is 0 Å². The Morgan fingerprint density at radius 1 is 0.706 bits per heavy atom. The third-order valence-electron chi connectivity index (χ3n) is 5.15. The molecule has 0 atom stereocenters. The summed E-state index contributed by atoms with van der Waals surface area (Å²) in [7, 11) is 0. The third-order valence-corrected chi connectivity index (χ3v) is 5.15. The number of carbonyl (C=O) groups excluding carboxylic acids is 1. The van der Waals surface area contributed by atoms with Gasteiger partial charge in [0.25, 0.3) is 0 Å². The molecule has 0 N–H and O–H groups in total. The predicted octanol–water partition coefficient (Wildman–Crippen LogP) is 7.45. The Morgan fingerprint density at radius 3 is 1.68 bits per heavy atom. The molecule has 0 saturated heterocycles. The van der Waals surface area contributed by atoms with Gasteiger partial charge in [0.05, 0.1) is 0 Å². The molecule has 168 valence electrons. The van der Waals surface area contributed by atoms with Crippen LogP contribution < -0.4 is 9.64 Å². The highest BCUT2D eigenvalue weighted by molar-refractivity contribution is 5.82. The van der Waals surface area contributed by atoms with Crippen LogP contribution in [0.5, 0.6) is 5.75 Å². The Labute approximate surface area is 200 Å². The predicted molar refractivity (Wildman–Crippen MR) is 137 cm³/mol. The van der Waals surface area contributed by atoms with E-state index >= 15 is 0 Å². The quantitative estimate of drug-likeness (QED) is 0.152. The van der Waals surface area contributed by atoms with Crippen LogP contribution in [-0.4, -0.2) is 12.6 Å². The Balaban J connectivity index is 1.49. The number of ether oxygens (including phenoxy) is 2. The largest absolute Gasteiger partial charge is 0.486 e. The molecule has 0 unspecified atom stereocenters. The molecule has 0 aliphatic heterocycles. The van der Waals surface area contributed by atoms with E-state index in [-0.39, 0.29) is 12.4 Å². The second-order valence-corrected chi connectivity index (χ2v) is 7.53. The van der Waals surface area contributed by atoms with Gasteiger partial charge in [-0.2, -0.15) is 0 Å². The van der Waals surface area contributed by atoms with Crippen LogP contribution in [0.2, 0.25) is 0 Å². The number of benzene rings is 4. The smallest absolute Gasteiger partial charge is 0.335 e. The lowest BCUT2D eigenvalue weighted by Crippen LogP contribution is -2.09. The van der Waals surface area contributed by atoms with Crippen LogP contribution in [0.15, 0.2) is 134 Å². The number of esters is 1. The topological polar surface area (TPSA) is 38.8 Å². The second-order valence-electron chi connectivity index (χ2n) is 7.53. The summed E-state index contributed by atoms with van der Waals surface area (Å²) < 4.78 is 10.6. The average Bonchev–Trinajstić information content (AvgIpc) is 2.89. The summed E-state index contributed by atoms with van der Waals surface area (Å²) >= 11 is 0. The van der Waals surface area contributed by atoms with E-state index in [9.17, 15) is 4.79 Å². The van der Waals surface area contributed by atoms with Gasteiger partial charge in [0.2, 0.25) is 0 Å². The standard InChI is InChI=1S/C30H25NO3/c1-3-30(32)34-23(2)22-33-29-20-16-25(17-21-29)24-14-18-28(19-15-24)31(26-10-6-4-7-11-26)27-12-8-5-9-13-27/h3-21H,1-2,22H2. The van der Waals surface area contributed by atoms with E-state index in [1.54, 1.807) is 0 Å². The third kappa shape index (κ3) is 5.61. The highest BCUT2D eigenvalue weighted by Crippen LogP contribution is 2.35. The van der Waals surface area contributed by atoms with Crippen LogP contribution in [0.4, 0.5) is 17.1 Å². The van der Waals surface area contributed by atoms with Crippen LogP contribution in [0, 0.1) is 0 Å². The molecule has 0 aliphatic rings. The summed E-state index contributed by atoms with van der Waals surface area (Å²) in [5.41, 5.74) is 5.45. The molecule has 4 aromatic carbocycles. The fourth-order valence-corrected chi connectivity index (χ4v) is 3.53. The Morgan fingerprint density at radius 2 is 1.18 bits per heavy atom. The van der Waals surface area contributed by atoms with Gasteiger partial charge in [0.1, 0.15) is 18.1 Å². The van der Waals surface area contributed by atoms with Gasteiger partial charge in [-0.25, -0.2) is 4.79 Å². The normalized spacial score (nSPS) is 10.2. The molecule has 0 spiro atoms. The fourth-order valence-electron chi connectivity index (χ4n) is 3.53. The molecular weight excluding hydrogens is 422 g/mol. The van der Waals surface area contributed by atoms with Crippen molar-refractivity contribution in [1.29, 1.82) is 0 Å². The van der Waals surface area contributed by atoms with Crippen LogP contribution in [0.1, 0.15) is 0 Å². The molecular formula is C30H25NO3. The van der Waals surface area contributed by atoms with E-state index in [0.717, 1.165) is 34.3 Å². The number of para-hydroxylation sites is 2. The van der Waals surface area contributed by atoms with Gasteiger partial charge in [0.15, 0.2) is 0 Å². The molecule has 34 heavy (non-hydrogen) atoms. The van der Waals surface area contributed by atoms with Gasteiger partial charge in [-0.1, -0.05) is 73.8 Å². The first-order chi connectivity index (χ1) is 16.6. The molecule has 0 fully saturated rings. The summed E-state index contributed by atoms with van der Waals surface area (Å²) in [6.45, 7) is 7.11. The maximum atomic E-state index is 11.2. The number of rotatable bonds is 9. The molecule has 4 heteroatoms. The molecule has 4 nitrogen and oxygen atoms in total. The lowest BCUT2D eigenvalue weighted by atomic mass is 10.0. The van der Waals surface area contributed by atoms with Crippen LogP contribution in [0.3, 0.4) is 0 Å². The zero-order valence-electron chi connectivity index (χ0n) is 18.8. The summed E-state index contributed by atoms with van der Waals surface area (Å²) in [4.78, 5) is 13.4. The van der Waals surface area contributed by atoms with E-state index in [1.165, 1.54) is 0 Å². The summed E-state index contributed by atoms with van der Waals surface area (Å²) in [6.07, 6.45) is 1.09. The minimum absolute atomic E-state index is 0.0857. The SMILES string of the molecule is C=CC(=O)OC(=C)COc1ccc(-c2ccc(N(c3ccccc3)c3ccccc3)cc2)cc1. The lowest BCUT2D eigenvalue weighted by Gasteiger charge is -2.25. The minimum atomic E-state index is -0.550. The number of nitrogens with zero attached hydrogens (tertiary/aromatic N) is 1. The van der Waals surface area contributed by atoms with Crippen LogP contribution in [0.25, 0.3) is 11.1 Å². The number of hydrogen-bond acceptors (Lipinski definition) is 4. The maximum Gasteiger partial charge on any atom is 0.335 e. The summed E-state index contributed by atoms with van der Waals surface area (Å²) in [6, 6.07) is 36.9. The first-order valence-electron chi connectivity index (χ1n) is 10.9. The van der Waals surface area contributed by atoms with Crippen LogP contribution in [-0.2, 0) is 9.53 Å². The van der Waals surface area contributed by atoms with E-state index in [2.05, 4.69) is 66.6 Å². The fraction of sp³-hybridized carbons (Fsp3) is 0.0333. The molecule has 0 heterocycles. The second kappa shape index (κ2) is 10.8. The van der Waals surface area contributed by atoms with Crippen molar-refractivity contribution in [3.63, 3.8) is 0 Å². The highest BCUT2D eigenvalue weighted by Gasteiger charge is 2.12. The molecule has 4 aromatic rings. The van der Waals surface area contributed by atoms with Gasteiger partial charge < -0.3 is 14.4 Å². The molecule has 0 radical (unpaired) electrons. The number of hydrogen-bond donors (Lipinski definition) is 0. The Hall–Kier alpha value is -4.57. The van der Waals surface area contributed by atoms with Crippen molar-refractivity contribution in [2.45, 2.75) is 0 Å². The average molecular weight is 448 g/mol. The zero-order valence-corrected chi connectivity index (χ0v) is 18.8. The van der Waals surface area contributed by atoms with E-state index in [0.29, 0.717) is 5.75 Å². The first-order valence-corrected chi connectivity index (χ1v) is 10.9. The summed E-state index contributed by atoms with van der Waals surface area (Å²) in [5, 5.41) is 0. The number of carbonyl (C=O) groups is 1. The molecule has 4 rings (SSSR count). The minimum Gasteiger partial charge on any atom is -0.486 e. The monoisotopic (exact) mass is 447 g/mol. The van der Waals surface area contributed by atoms with Gasteiger partial charge in [-0.05, 0) is 59.7 Å². The molecule has 0 saturated carbocycles. The van der Waals surface area contributed by atoms with E-state index in [1.807, 2.05) is 60.7 Å². The van der Waals surface area contributed by atoms with E-state index in [4.69, 9.17) is 9.47 Å². The van der Waals surface area contributed by atoms with Crippen molar-refractivity contribution in [1.82, 2.24) is 0 Å². The van der Waals surface area contributed by atoms with Crippen LogP contribution >= 0.6 is 0 Å². The van der Waals surface area contributed by atoms with Crippen molar-refractivity contribution >= 4 is 23.0 Å². The van der Waals surface area contributed by atoms with Gasteiger partial charge in [-0.15, -0.1) is 0 Å². The Bertz CT molecular complexity index is 1210. The van der Waals surface area contributed by atoms with Crippen molar-refractivity contribution in [2.75, 3.05) is 11.5 Å². The van der Waals surface area contributed by atoms with Crippen molar-refractivity contribution < 1.29 is 14.3 Å².